The van der Waals surface area contributed by atoms with E-state index in [1.165, 1.54) is 4.70 Å². The molecule has 1 heterocycles. The molecule has 1 atom stereocenters. The van der Waals surface area contributed by atoms with Crippen LogP contribution in [0, 0.1) is 0 Å². The number of hydrogen-bond acceptors (Lipinski definition) is 5. The second-order valence-electron chi connectivity index (χ2n) is 3.71. The van der Waals surface area contributed by atoms with Crippen LogP contribution in [-0.4, -0.2) is 17.6 Å². The van der Waals surface area contributed by atoms with Gasteiger partial charge in [-0.05, 0) is 19.1 Å². The normalized spacial score (nSPS) is 12.9. The second-order valence-corrected chi connectivity index (χ2v) is 5.25. The molecule has 0 saturated heterocycles. The number of benzene rings is 1. The summed E-state index contributed by atoms with van der Waals surface area (Å²) < 4.78 is 6.91. The highest BCUT2D eigenvalue weighted by Gasteiger charge is 2.17. The highest BCUT2D eigenvalue weighted by molar-refractivity contribution is 7.80. The Labute approximate surface area is 110 Å². The van der Waals surface area contributed by atoms with Crippen LogP contribution in [0.1, 0.15) is 17.8 Å². The quantitative estimate of drug-likeness (QED) is 0.576. The molecule has 0 bridgehead atoms. The maximum atomic E-state index is 9.05. The smallest absolute Gasteiger partial charge is 0.142 e. The zero-order valence-electron chi connectivity index (χ0n) is 9.51. The third kappa shape index (κ3) is 2.57. The molecular formula is C12H15NO2S2. The Morgan fingerprint density at radius 2 is 2.24 bits per heavy atom. The Morgan fingerprint density at radius 1 is 1.47 bits per heavy atom. The van der Waals surface area contributed by atoms with Crippen LogP contribution in [-0.2, 0) is 0 Å². The van der Waals surface area contributed by atoms with Gasteiger partial charge in [0, 0.05) is 15.8 Å². The number of thiol groups is 1. The summed E-state index contributed by atoms with van der Waals surface area (Å²) in [5.41, 5.74) is 2.27. The molecule has 1 unspecified atom stereocenters. The molecule has 2 aromatic rings. The number of thiophene rings is 1. The summed E-state index contributed by atoms with van der Waals surface area (Å²) in [5, 5.41) is 10.1. The Kier molecular flexibility index (Phi) is 4.28. The number of ether oxygens (including phenoxy) is 1. The molecule has 92 valence electrons. The van der Waals surface area contributed by atoms with Gasteiger partial charge in [0.2, 0.25) is 0 Å². The van der Waals surface area contributed by atoms with Crippen LogP contribution in [0.2, 0.25) is 0 Å². The molecule has 3 nitrogen and oxygen atoms in total. The summed E-state index contributed by atoms with van der Waals surface area (Å²) in [6.07, 6.45) is 0. The van der Waals surface area contributed by atoms with Crippen LogP contribution < -0.4 is 10.2 Å². The fourth-order valence-corrected chi connectivity index (χ4v) is 2.92. The van der Waals surface area contributed by atoms with Crippen molar-refractivity contribution in [3.05, 3.63) is 29.1 Å². The summed E-state index contributed by atoms with van der Waals surface area (Å²) in [5.74, 6) is 1.53. The molecule has 0 spiro atoms. The molecule has 0 aliphatic carbocycles. The van der Waals surface area contributed by atoms with Crippen molar-refractivity contribution in [2.75, 3.05) is 12.4 Å². The summed E-state index contributed by atoms with van der Waals surface area (Å²) in [6, 6.07) is 7.95. The molecule has 5 heteroatoms. The molecule has 0 aliphatic heterocycles. The predicted molar refractivity (Wildman–Crippen MR) is 74.5 cm³/mol. The van der Waals surface area contributed by atoms with Gasteiger partial charge in [-0.15, -0.1) is 11.3 Å². The topological polar surface area (TPSA) is 41.5 Å². The monoisotopic (exact) mass is 269 g/mol. The Morgan fingerprint density at radius 3 is 2.94 bits per heavy atom. The summed E-state index contributed by atoms with van der Waals surface area (Å²) in [4.78, 5) is 1.01. The number of hydroxylamine groups is 1. The van der Waals surface area contributed by atoms with Crippen LogP contribution in [0.5, 0.6) is 5.75 Å². The largest absolute Gasteiger partial charge is 0.491 e. The summed E-state index contributed by atoms with van der Waals surface area (Å²) >= 11 is 5.78. The first-order valence-corrected chi connectivity index (χ1v) is 6.87. The van der Waals surface area contributed by atoms with Crippen molar-refractivity contribution in [1.82, 2.24) is 5.48 Å². The van der Waals surface area contributed by atoms with Crippen LogP contribution in [0.25, 0.3) is 10.1 Å². The van der Waals surface area contributed by atoms with E-state index in [4.69, 9.17) is 9.94 Å². The molecular weight excluding hydrogens is 254 g/mol. The molecule has 0 aliphatic rings. The van der Waals surface area contributed by atoms with Crippen molar-refractivity contribution < 1.29 is 9.94 Å². The third-order valence-electron chi connectivity index (χ3n) is 2.50. The van der Waals surface area contributed by atoms with Gasteiger partial charge in [-0.3, -0.25) is 0 Å². The lowest BCUT2D eigenvalue weighted by Gasteiger charge is -2.11. The number of fused-ring (bicyclic) bond motifs is 1. The molecule has 2 rings (SSSR count). The third-order valence-corrected chi connectivity index (χ3v) is 4.02. The first-order valence-electron chi connectivity index (χ1n) is 5.42. The van der Waals surface area contributed by atoms with Crippen LogP contribution >= 0.6 is 24.0 Å². The number of hydrogen-bond donors (Lipinski definition) is 3. The Hall–Kier alpha value is -0.750. The predicted octanol–water partition coefficient (Wildman–Crippen LogP) is 3.25. The standard InChI is InChI=1S/C12H15NO2S2/c1-8(13-14)12-11(15-6-7-16)9-4-2-3-5-10(9)17-12/h2-5,8,13-14,16H,6-7H2,1H3. The lowest BCUT2D eigenvalue weighted by atomic mass is 10.2. The second kappa shape index (κ2) is 5.73. The van der Waals surface area contributed by atoms with Crippen molar-refractivity contribution in [2.45, 2.75) is 13.0 Å². The van der Waals surface area contributed by atoms with Gasteiger partial charge in [0.1, 0.15) is 5.75 Å². The van der Waals surface area contributed by atoms with Crippen LogP contribution in [0.15, 0.2) is 24.3 Å². The fraction of sp³-hybridized carbons (Fsp3) is 0.333. The van der Waals surface area contributed by atoms with Gasteiger partial charge in [-0.25, -0.2) is 0 Å². The molecule has 0 radical (unpaired) electrons. The SMILES string of the molecule is CC(NO)c1sc2ccccc2c1OCCS. The van der Waals surface area contributed by atoms with Crippen molar-refractivity contribution in [2.24, 2.45) is 0 Å². The average Bonchev–Trinajstić information content (AvgIpc) is 2.74. The van der Waals surface area contributed by atoms with E-state index in [2.05, 4.69) is 24.2 Å². The van der Waals surface area contributed by atoms with Gasteiger partial charge in [0.15, 0.2) is 0 Å². The molecule has 17 heavy (non-hydrogen) atoms. The van der Waals surface area contributed by atoms with E-state index in [1.54, 1.807) is 11.3 Å². The van der Waals surface area contributed by atoms with Crippen molar-refractivity contribution in [3.8, 4) is 5.75 Å². The van der Waals surface area contributed by atoms with Crippen molar-refractivity contribution in [1.29, 1.82) is 0 Å². The van der Waals surface area contributed by atoms with Crippen molar-refractivity contribution >= 4 is 34.1 Å². The fourth-order valence-electron chi connectivity index (χ4n) is 1.68. The zero-order chi connectivity index (χ0) is 12.3. The van der Waals surface area contributed by atoms with Crippen LogP contribution in [0.3, 0.4) is 0 Å². The molecule has 0 amide bonds. The highest BCUT2D eigenvalue weighted by atomic mass is 32.1. The minimum atomic E-state index is -0.137. The zero-order valence-corrected chi connectivity index (χ0v) is 11.2. The number of nitrogens with one attached hydrogen (secondary N) is 1. The van der Waals surface area contributed by atoms with E-state index in [0.29, 0.717) is 12.4 Å². The first kappa shape index (κ1) is 12.7. The van der Waals surface area contributed by atoms with E-state index in [0.717, 1.165) is 16.0 Å². The van der Waals surface area contributed by atoms with E-state index in [1.807, 2.05) is 25.1 Å². The summed E-state index contributed by atoms with van der Waals surface area (Å²) in [6.45, 7) is 2.47. The molecule has 1 aromatic heterocycles. The van der Waals surface area contributed by atoms with E-state index in [9.17, 15) is 0 Å². The van der Waals surface area contributed by atoms with Gasteiger partial charge in [0.05, 0.1) is 17.5 Å². The van der Waals surface area contributed by atoms with E-state index in [-0.39, 0.29) is 6.04 Å². The molecule has 1 aromatic carbocycles. The van der Waals surface area contributed by atoms with Gasteiger partial charge in [0.25, 0.3) is 0 Å². The molecule has 0 saturated carbocycles. The lowest BCUT2D eigenvalue weighted by molar-refractivity contribution is 0.133. The summed E-state index contributed by atoms with van der Waals surface area (Å²) in [7, 11) is 0. The molecule has 0 fully saturated rings. The lowest BCUT2D eigenvalue weighted by Crippen LogP contribution is -2.13. The maximum absolute atomic E-state index is 9.05. The van der Waals surface area contributed by atoms with Crippen molar-refractivity contribution in [3.63, 3.8) is 0 Å². The minimum absolute atomic E-state index is 0.137. The first-order chi connectivity index (χ1) is 8.27. The van der Waals surface area contributed by atoms with Crippen LogP contribution in [0.4, 0.5) is 0 Å². The van der Waals surface area contributed by atoms with Gasteiger partial charge < -0.3 is 9.94 Å². The minimum Gasteiger partial charge on any atom is -0.491 e. The molecule has 2 N–H and O–H groups in total. The number of rotatable bonds is 5. The Bertz CT molecular complexity index is 498. The van der Waals surface area contributed by atoms with E-state index >= 15 is 0 Å². The Balaban J connectivity index is 2.48. The van der Waals surface area contributed by atoms with Gasteiger partial charge in [-0.1, -0.05) is 12.1 Å². The van der Waals surface area contributed by atoms with E-state index < -0.39 is 0 Å². The average molecular weight is 269 g/mol. The van der Waals surface area contributed by atoms with Gasteiger partial charge >= 0.3 is 0 Å². The highest BCUT2D eigenvalue weighted by Crippen LogP contribution is 2.41. The maximum Gasteiger partial charge on any atom is 0.142 e. The van der Waals surface area contributed by atoms with Gasteiger partial charge in [-0.2, -0.15) is 18.1 Å².